The van der Waals surface area contributed by atoms with E-state index in [9.17, 15) is 14.0 Å². The topological polar surface area (TPSA) is 94.0 Å². The van der Waals surface area contributed by atoms with Crippen LogP contribution in [-0.2, 0) is 11.3 Å². The lowest BCUT2D eigenvalue weighted by atomic mass is 10.1. The van der Waals surface area contributed by atoms with Crippen molar-refractivity contribution in [2.45, 2.75) is 45.8 Å². The van der Waals surface area contributed by atoms with Gasteiger partial charge in [0.25, 0.3) is 0 Å². The van der Waals surface area contributed by atoms with Crippen molar-refractivity contribution in [2.24, 2.45) is 0 Å². The summed E-state index contributed by atoms with van der Waals surface area (Å²) < 4.78 is 13.7. The molecule has 1 rings (SSSR count). The summed E-state index contributed by atoms with van der Waals surface area (Å²) in [6, 6.07) is 4.61. The van der Waals surface area contributed by atoms with Crippen molar-refractivity contribution in [1.82, 2.24) is 16.0 Å². The normalized spacial score (nSPS) is 12.7. The van der Waals surface area contributed by atoms with Crippen molar-refractivity contribution in [3.63, 3.8) is 0 Å². The summed E-state index contributed by atoms with van der Waals surface area (Å²) in [4.78, 5) is 23.5. The first-order valence-electron chi connectivity index (χ1n) is 7.40. The van der Waals surface area contributed by atoms with E-state index in [0.29, 0.717) is 0 Å². The SMILES string of the molecule is CC[C@@H](C)NC(=O)[C@H](C)NC(=O)NCc1ccc(C#N)cc1F. The standard InChI is InChI=1S/C16H21FN4O2/c1-4-10(2)20-15(22)11(3)21-16(23)19-9-13-6-5-12(8-18)7-14(13)17/h5-7,10-11H,4,9H2,1-3H3,(H,20,22)(H2,19,21,23)/t10-,11+/m1/s1. The average molecular weight is 320 g/mol. The number of halogens is 1. The second-order valence-electron chi connectivity index (χ2n) is 5.28. The van der Waals surface area contributed by atoms with Gasteiger partial charge in [0.05, 0.1) is 11.6 Å². The minimum atomic E-state index is -0.699. The third-order valence-electron chi connectivity index (χ3n) is 3.36. The Labute approximate surface area is 135 Å². The summed E-state index contributed by atoms with van der Waals surface area (Å²) in [5.41, 5.74) is 0.474. The summed E-state index contributed by atoms with van der Waals surface area (Å²) >= 11 is 0. The molecule has 0 aliphatic rings. The van der Waals surface area contributed by atoms with Crippen molar-refractivity contribution in [3.05, 3.63) is 35.1 Å². The Hall–Kier alpha value is -2.62. The predicted molar refractivity (Wildman–Crippen MR) is 83.8 cm³/mol. The summed E-state index contributed by atoms with van der Waals surface area (Å²) in [5, 5.41) is 16.4. The molecule has 0 spiro atoms. The molecule has 3 N–H and O–H groups in total. The van der Waals surface area contributed by atoms with Gasteiger partial charge >= 0.3 is 6.03 Å². The maximum atomic E-state index is 13.7. The molecule has 1 aromatic rings. The van der Waals surface area contributed by atoms with E-state index in [4.69, 9.17) is 5.26 Å². The molecule has 0 fully saturated rings. The lowest BCUT2D eigenvalue weighted by molar-refractivity contribution is -0.123. The molecule has 2 atom stereocenters. The molecule has 0 radical (unpaired) electrons. The van der Waals surface area contributed by atoms with Gasteiger partial charge in [-0.05, 0) is 32.4 Å². The van der Waals surface area contributed by atoms with Crippen LogP contribution in [0.2, 0.25) is 0 Å². The lowest BCUT2D eigenvalue weighted by Crippen LogP contribution is -2.50. The molecule has 1 aromatic carbocycles. The molecule has 0 aliphatic carbocycles. The summed E-state index contributed by atoms with van der Waals surface area (Å²) in [7, 11) is 0. The molecule has 7 heteroatoms. The molecule has 124 valence electrons. The maximum absolute atomic E-state index is 13.7. The van der Waals surface area contributed by atoms with Crippen LogP contribution in [-0.4, -0.2) is 24.0 Å². The fourth-order valence-electron chi connectivity index (χ4n) is 1.72. The minimum absolute atomic E-state index is 0.0301. The molecular formula is C16H21FN4O2. The molecule has 0 saturated heterocycles. The van der Waals surface area contributed by atoms with Crippen LogP contribution < -0.4 is 16.0 Å². The Balaban J connectivity index is 2.48. The highest BCUT2D eigenvalue weighted by Gasteiger charge is 2.16. The van der Waals surface area contributed by atoms with E-state index in [2.05, 4.69) is 16.0 Å². The highest BCUT2D eigenvalue weighted by molar-refractivity contribution is 5.86. The Kier molecular flexibility index (Phi) is 7.00. The van der Waals surface area contributed by atoms with Crippen molar-refractivity contribution in [2.75, 3.05) is 0 Å². The van der Waals surface area contributed by atoms with Gasteiger partial charge in [-0.15, -0.1) is 0 Å². The average Bonchev–Trinajstić information content (AvgIpc) is 2.53. The Morgan fingerprint density at radius 1 is 1.30 bits per heavy atom. The Bertz CT molecular complexity index is 613. The maximum Gasteiger partial charge on any atom is 0.315 e. The predicted octanol–water partition coefficient (Wildman–Crippen LogP) is 1.80. The van der Waals surface area contributed by atoms with Crippen molar-refractivity contribution in [3.8, 4) is 6.07 Å². The van der Waals surface area contributed by atoms with E-state index in [0.717, 1.165) is 12.5 Å². The smallest absolute Gasteiger partial charge is 0.315 e. The molecule has 0 heterocycles. The number of carbonyl (C=O) groups excluding carboxylic acids is 2. The zero-order valence-electron chi connectivity index (χ0n) is 13.4. The number of amides is 3. The zero-order valence-corrected chi connectivity index (χ0v) is 13.4. The van der Waals surface area contributed by atoms with E-state index in [-0.39, 0.29) is 29.6 Å². The molecule has 3 amide bonds. The van der Waals surface area contributed by atoms with E-state index < -0.39 is 17.9 Å². The second-order valence-corrected chi connectivity index (χ2v) is 5.28. The first-order chi connectivity index (χ1) is 10.9. The number of hydrogen-bond acceptors (Lipinski definition) is 3. The third kappa shape index (κ3) is 5.94. The summed E-state index contributed by atoms with van der Waals surface area (Å²) in [5.74, 6) is -0.842. The molecule has 23 heavy (non-hydrogen) atoms. The number of hydrogen-bond donors (Lipinski definition) is 3. The lowest BCUT2D eigenvalue weighted by Gasteiger charge is -2.17. The number of nitrogens with one attached hydrogen (secondary N) is 3. The van der Waals surface area contributed by atoms with Crippen LogP contribution in [0.5, 0.6) is 0 Å². The fourth-order valence-corrected chi connectivity index (χ4v) is 1.72. The zero-order chi connectivity index (χ0) is 17.4. The van der Waals surface area contributed by atoms with Crippen LogP contribution in [0.4, 0.5) is 9.18 Å². The van der Waals surface area contributed by atoms with Gasteiger partial charge in [0.1, 0.15) is 11.9 Å². The monoisotopic (exact) mass is 320 g/mol. The minimum Gasteiger partial charge on any atom is -0.352 e. The number of urea groups is 1. The Morgan fingerprint density at radius 2 is 2.00 bits per heavy atom. The largest absolute Gasteiger partial charge is 0.352 e. The molecule has 0 unspecified atom stereocenters. The number of benzene rings is 1. The summed E-state index contributed by atoms with van der Waals surface area (Å²) in [6.07, 6.45) is 0.794. The number of rotatable bonds is 6. The van der Waals surface area contributed by atoms with Gasteiger partial charge < -0.3 is 16.0 Å². The first kappa shape index (κ1) is 18.4. The van der Waals surface area contributed by atoms with Crippen molar-refractivity contribution < 1.29 is 14.0 Å². The van der Waals surface area contributed by atoms with Crippen LogP contribution in [0.1, 0.15) is 38.3 Å². The van der Waals surface area contributed by atoms with E-state index in [1.54, 1.807) is 6.92 Å². The van der Waals surface area contributed by atoms with Crippen molar-refractivity contribution in [1.29, 1.82) is 5.26 Å². The van der Waals surface area contributed by atoms with Crippen LogP contribution in [0.25, 0.3) is 0 Å². The second kappa shape index (κ2) is 8.73. The van der Waals surface area contributed by atoms with Gasteiger partial charge in [0.15, 0.2) is 0 Å². The van der Waals surface area contributed by atoms with E-state index >= 15 is 0 Å². The van der Waals surface area contributed by atoms with E-state index in [1.807, 2.05) is 19.9 Å². The van der Waals surface area contributed by atoms with Crippen LogP contribution in [0.3, 0.4) is 0 Å². The molecule has 0 aromatic heterocycles. The van der Waals surface area contributed by atoms with Crippen LogP contribution in [0.15, 0.2) is 18.2 Å². The van der Waals surface area contributed by atoms with Gasteiger partial charge in [0, 0.05) is 18.2 Å². The highest BCUT2D eigenvalue weighted by atomic mass is 19.1. The highest BCUT2D eigenvalue weighted by Crippen LogP contribution is 2.09. The summed E-state index contributed by atoms with van der Waals surface area (Å²) in [6.45, 7) is 5.35. The molecule has 0 saturated carbocycles. The number of nitriles is 1. The van der Waals surface area contributed by atoms with Gasteiger partial charge in [-0.1, -0.05) is 13.0 Å². The number of carbonyl (C=O) groups is 2. The molecular weight excluding hydrogens is 299 g/mol. The first-order valence-corrected chi connectivity index (χ1v) is 7.40. The van der Waals surface area contributed by atoms with E-state index in [1.165, 1.54) is 12.1 Å². The Morgan fingerprint density at radius 3 is 2.57 bits per heavy atom. The van der Waals surface area contributed by atoms with Crippen LogP contribution in [0, 0.1) is 17.1 Å². The molecule has 0 bridgehead atoms. The number of nitrogens with zero attached hydrogens (tertiary/aromatic N) is 1. The van der Waals surface area contributed by atoms with Gasteiger partial charge in [0.2, 0.25) is 5.91 Å². The molecule has 0 aliphatic heterocycles. The van der Waals surface area contributed by atoms with Crippen molar-refractivity contribution >= 4 is 11.9 Å². The molecule has 6 nitrogen and oxygen atoms in total. The van der Waals surface area contributed by atoms with Crippen LogP contribution >= 0.6 is 0 Å². The third-order valence-corrected chi connectivity index (χ3v) is 3.36. The van der Waals surface area contributed by atoms with Gasteiger partial charge in [-0.25, -0.2) is 9.18 Å². The quantitative estimate of drug-likeness (QED) is 0.746. The van der Waals surface area contributed by atoms with Gasteiger partial charge in [-0.3, -0.25) is 4.79 Å². The van der Waals surface area contributed by atoms with Gasteiger partial charge in [-0.2, -0.15) is 5.26 Å². The fraction of sp³-hybridized carbons (Fsp3) is 0.438.